The standard InChI is InChI=1S/C43H66O16/c1-38(2)23-10-13-42(6)24(40(23,4)12-11-25(38)57-35-31(50)28(47)29(48)32(58-35)33(51)52)9-8-20-21-18-39(3,36(53)55-7)14-16-43(21,17-15-41(20,42)5)37(54)59-34-30(49)27(46)26(45)22(19-44)56-34/h8,21-32,34-35,44-50H,9-19H2,1-7H3,(H,51,52). The number of allylic oxidation sites excluding steroid dienone is 2. The SMILES string of the molecule is COC(=O)C1(C)CCC2(C(=O)OC3OC(CO)C(O)C(O)C3O)CCC3(C)C(=CCC4C5(C)CCC(OC6OC(C(=O)O)C(O)C(O)C6O)C(C)(C)C5CCC43C)C2C1. The lowest BCUT2D eigenvalue weighted by Crippen LogP contribution is -2.66. The number of methoxy groups -OCH3 is 1. The number of carbonyl (C=O) groups excluding carboxylic acids is 2. The van der Waals surface area contributed by atoms with Gasteiger partial charge in [0.25, 0.3) is 0 Å². The predicted molar refractivity (Wildman–Crippen MR) is 204 cm³/mol. The molecule has 334 valence electrons. The number of rotatable bonds is 7. The molecule has 19 atom stereocenters. The second-order valence-electron chi connectivity index (χ2n) is 20.6. The van der Waals surface area contributed by atoms with Gasteiger partial charge in [0, 0.05) is 0 Å². The summed E-state index contributed by atoms with van der Waals surface area (Å²) in [6.45, 7) is 12.5. The zero-order chi connectivity index (χ0) is 43.4. The van der Waals surface area contributed by atoms with Crippen molar-refractivity contribution >= 4 is 17.9 Å². The summed E-state index contributed by atoms with van der Waals surface area (Å²) in [5.74, 6) is -2.52. The van der Waals surface area contributed by atoms with Gasteiger partial charge in [-0.3, -0.25) is 9.59 Å². The molecule has 16 nitrogen and oxygen atoms in total. The molecule has 2 aliphatic heterocycles. The molecule has 59 heavy (non-hydrogen) atoms. The maximum absolute atomic E-state index is 14.7. The average molecular weight is 839 g/mol. The van der Waals surface area contributed by atoms with E-state index in [0.717, 1.165) is 24.8 Å². The van der Waals surface area contributed by atoms with E-state index in [1.54, 1.807) is 0 Å². The first-order valence-corrected chi connectivity index (χ1v) is 21.4. The van der Waals surface area contributed by atoms with E-state index in [-0.39, 0.29) is 28.6 Å². The fourth-order valence-corrected chi connectivity index (χ4v) is 13.8. The molecular formula is C43H66O16. The van der Waals surface area contributed by atoms with E-state index < -0.39 is 114 Å². The number of hydrogen-bond acceptors (Lipinski definition) is 15. The highest BCUT2D eigenvalue weighted by Crippen LogP contribution is 2.76. The molecule has 7 aliphatic rings. The molecule has 8 N–H and O–H groups in total. The molecule has 0 spiro atoms. The fraction of sp³-hybridized carbons (Fsp3) is 0.884. The molecule has 16 heteroatoms. The van der Waals surface area contributed by atoms with Crippen molar-refractivity contribution in [3.8, 4) is 0 Å². The monoisotopic (exact) mass is 838 g/mol. The molecule has 6 fully saturated rings. The summed E-state index contributed by atoms with van der Waals surface area (Å²) in [5.41, 5.74) is -2.15. The second-order valence-corrected chi connectivity index (χ2v) is 20.6. The Kier molecular flexibility index (Phi) is 11.6. The van der Waals surface area contributed by atoms with Crippen LogP contribution in [0.25, 0.3) is 0 Å². The number of carbonyl (C=O) groups is 3. The fourth-order valence-electron chi connectivity index (χ4n) is 13.8. The first kappa shape index (κ1) is 44.8. The minimum absolute atomic E-state index is 0.144. The molecule has 0 aromatic carbocycles. The number of hydrogen-bond donors (Lipinski definition) is 8. The van der Waals surface area contributed by atoms with Crippen molar-refractivity contribution in [1.29, 1.82) is 0 Å². The molecule has 2 saturated heterocycles. The summed E-state index contributed by atoms with van der Waals surface area (Å²) in [6, 6.07) is 0. The van der Waals surface area contributed by atoms with Gasteiger partial charge in [0.15, 0.2) is 12.4 Å². The highest BCUT2D eigenvalue weighted by atomic mass is 16.7. The normalized spacial score (nSPS) is 51.7. The Balaban J connectivity index is 1.19. The molecule has 0 aromatic rings. The van der Waals surface area contributed by atoms with E-state index in [2.05, 4.69) is 40.7 Å². The maximum atomic E-state index is 14.7. The Morgan fingerprint density at radius 2 is 1.39 bits per heavy atom. The number of carboxylic acids is 1. The summed E-state index contributed by atoms with van der Waals surface area (Å²) in [6.07, 6.45) is -8.69. The minimum atomic E-state index is -1.81. The summed E-state index contributed by atoms with van der Waals surface area (Å²) in [5, 5.41) is 82.6. The maximum Gasteiger partial charge on any atom is 0.335 e. The van der Waals surface area contributed by atoms with Gasteiger partial charge in [-0.2, -0.15) is 0 Å². The lowest BCUT2D eigenvalue weighted by molar-refractivity contribution is -0.324. The van der Waals surface area contributed by atoms with Crippen molar-refractivity contribution < 1.29 is 78.9 Å². The molecule has 0 bridgehead atoms. The predicted octanol–water partition coefficient (Wildman–Crippen LogP) is 1.56. The molecule has 5 aliphatic carbocycles. The molecule has 4 saturated carbocycles. The number of fused-ring (bicyclic) bond motifs is 7. The highest BCUT2D eigenvalue weighted by Gasteiger charge is 2.70. The van der Waals surface area contributed by atoms with Crippen LogP contribution in [0.2, 0.25) is 0 Å². The number of ether oxygens (including phenoxy) is 5. The van der Waals surface area contributed by atoms with Gasteiger partial charge >= 0.3 is 17.9 Å². The van der Waals surface area contributed by atoms with E-state index in [1.807, 2.05) is 6.92 Å². The first-order chi connectivity index (χ1) is 27.5. The van der Waals surface area contributed by atoms with Gasteiger partial charge in [-0.05, 0) is 111 Å². The van der Waals surface area contributed by atoms with Crippen molar-refractivity contribution in [2.45, 2.75) is 173 Å². The Labute approximate surface area is 345 Å². The quantitative estimate of drug-likeness (QED) is 0.103. The van der Waals surface area contributed by atoms with E-state index in [4.69, 9.17) is 23.7 Å². The number of esters is 2. The summed E-state index contributed by atoms with van der Waals surface area (Å²) < 4.78 is 28.8. The lowest BCUT2D eigenvalue weighted by Gasteiger charge is -2.71. The number of aliphatic hydroxyl groups is 7. The Morgan fingerprint density at radius 3 is 2.03 bits per heavy atom. The molecule has 19 unspecified atom stereocenters. The van der Waals surface area contributed by atoms with Crippen LogP contribution in [0.4, 0.5) is 0 Å². The smallest absolute Gasteiger partial charge is 0.335 e. The Hall–Kier alpha value is -2.25. The van der Waals surface area contributed by atoms with Gasteiger partial charge in [-0.25, -0.2) is 4.79 Å². The molecule has 0 radical (unpaired) electrons. The van der Waals surface area contributed by atoms with Crippen LogP contribution in [0.1, 0.15) is 106 Å². The molecular weight excluding hydrogens is 772 g/mol. The van der Waals surface area contributed by atoms with Crippen LogP contribution in [-0.2, 0) is 38.1 Å². The van der Waals surface area contributed by atoms with Crippen molar-refractivity contribution in [3.05, 3.63) is 11.6 Å². The van der Waals surface area contributed by atoms with Gasteiger partial charge in [0.05, 0.1) is 30.7 Å². The Morgan fingerprint density at radius 1 is 0.746 bits per heavy atom. The van der Waals surface area contributed by atoms with Gasteiger partial charge in [0.1, 0.15) is 42.7 Å². The van der Waals surface area contributed by atoms with E-state index >= 15 is 0 Å². The highest BCUT2D eigenvalue weighted by molar-refractivity contribution is 5.81. The van der Waals surface area contributed by atoms with E-state index in [1.165, 1.54) is 7.11 Å². The van der Waals surface area contributed by atoms with Crippen molar-refractivity contribution in [3.63, 3.8) is 0 Å². The van der Waals surface area contributed by atoms with Crippen LogP contribution in [0, 0.1) is 50.2 Å². The zero-order valence-electron chi connectivity index (χ0n) is 35.3. The van der Waals surface area contributed by atoms with Crippen molar-refractivity contribution in [2.24, 2.45) is 50.2 Å². The van der Waals surface area contributed by atoms with Crippen LogP contribution in [0.3, 0.4) is 0 Å². The summed E-state index contributed by atoms with van der Waals surface area (Å²) in [4.78, 5) is 39.9. The molecule has 2 heterocycles. The molecule has 7 rings (SSSR count). The van der Waals surface area contributed by atoms with E-state index in [0.29, 0.717) is 44.9 Å². The van der Waals surface area contributed by atoms with Gasteiger partial charge in [0.2, 0.25) is 6.29 Å². The third-order valence-electron chi connectivity index (χ3n) is 17.6. The van der Waals surface area contributed by atoms with Crippen molar-refractivity contribution in [2.75, 3.05) is 13.7 Å². The van der Waals surface area contributed by atoms with Crippen LogP contribution < -0.4 is 0 Å². The third-order valence-corrected chi connectivity index (χ3v) is 17.6. The molecule has 0 aromatic heterocycles. The Bertz CT molecular complexity index is 1680. The molecule has 0 amide bonds. The van der Waals surface area contributed by atoms with Gasteiger partial charge < -0.3 is 64.5 Å². The van der Waals surface area contributed by atoms with E-state index in [9.17, 15) is 55.2 Å². The van der Waals surface area contributed by atoms with Gasteiger partial charge in [-0.15, -0.1) is 0 Å². The van der Waals surface area contributed by atoms with Gasteiger partial charge in [-0.1, -0.05) is 46.3 Å². The van der Waals surface area contributed by atoms with Crippen molar-refractivity contribution in [1.82, 2.24) is 0 Å². The van der Waals surface area contributed by atoms with Crippen LogP contribution in [-0.4, -0.2) is 140 Å². The summed E-state index contributed by atoms with van der Waals surface area (Å²) in [7, 11) is 1.37. The minimum Gasteiger partial charge on any atom is -0.479 e. The average Bonchev–Trinajstić information content (AvgIpc) is 3.18. The topological polar surface area (TPSA) is 259 Å². The first-order valence-electron chi connectivity index (χ1n) is 21.4. The van der Waals surface area contributed by atoms with Crippen LogP contribution >= 0.6 is 0 Å². The number of carboxylic acid groups (broad SMARTS) is 1. The lowest BCUT2D eigenvalue weighted by atomic mass is 9.33. The second kappa shape index (κ2) is 15.2. The third kappa shape index (κ3) is 6.56. The number of aliphatic hydroxyl groups excluding tert-OH is 7. The zero-order valence-corrected chi connectivity index (χ0v) is 35.3. The van der Waals surface area contributed by atoms with Crippen LogP contribution in [0.5, 0.6) is 0 Å². The largest absolute Gasteiger partial charge is 0.479 e. The summed E-state index contributed by atoms with van der Waals surface area (Å²) >= 11 is 0. The van der Waals surface area contributed by atoms with Crippen LogP contribution in [0.15, 0.2) is 11.6 Å². The number of aliphatic carboxylic acids is 1.